The van der Waals surface area contributed by atoms with Gasteiger partial charge < -0.3 is 10.6 Å². The van der Waals surface area contributed by atoms with Gasteiger partial charge in [-0.05, 0) is 43.3 Å². The van der Waals surface area contributed by atoms with Crippen molar-refractivity contribution in [2.45, 2.75) is 38.3 Å². The second-order valence-electron chi connectivity index (χ2n) is 6.98. The molecule has 2 atom stereocenters. The lowest BCUT2D eigenvalue weighted by atomic mass is 9.97. The lowest BCUT2D eigenvalue weighted by Gasteiger charge is -2.36. The van der Waals surface area contributed by atoms with Gasteiger partial charge in [-0.25, -0.2) is 0 Å². The molecule has 2 saturated heterocycles. The predicted octanol–water partition coefficient (Wildman–Crippen LogP) is 3.58. The van der Waals surface area contributed by atoms with E-state index < -0.39 is 0 Å². The van der Waals surface area contributed by atoms with E-state index >= 15 is 0 Å². The Morgan fingerprint density at radius 3 is 2.77 bits per heavy atom. The Kier molecular flexibility index (Phi) is 11.5. The molecule has 8 heteroatoms. The van der Waals surface area contributed by atoms with E-state index in [-0.39, 0.29) is 30.7 Å². The number of nitrogens with zero attached hydrogens (tertiary/aromatic N) is 1. The Morgan fingerprint density at radius 2 is 2.15 bits per heavy atom. The van der Waals surface area contributed by atoms with Crippen LogP contribution in [0.1, 0.15) is 37.1 Å². The standard InChI is InChI=1S/C18H29N3OS2.2ClH/c1-14-4-7-21(8-5-14)16(17-3-2-9-24-17)12-20-18(22)11-15-13-23-10-6-19-15;;/h2-3,9,14-16,19H,4-8,10-13H2,1H3,(H,20,22);2*1H. The number of hydrogen-bond acceptors (Lipinski definition) is 5. The summed E-state index contributed by atoms with van der Waals surface area (Å²) in [6.45, 7) is 6.37. The fourth-order valence-corrected chi connectivity index (χ4v) is 5.30. The van der Waals surface area contributed by atoms with Gasteiger partial charge in [0.2, 0.25) is 5.91 Å². The summed E-state index contributed by atoms with van der Waals surface area (Å²) in [5, 5.41) is 8.79. The van der Waals surface area contributed by atoms with Gasteiger partial charge in [-0.1, -0.05) is 13.0 Å². The summed E-state index contributed by atoms with van der Waals surface area (Å²) < 4.78 is 0. The molecule has 2 N–H and O–H groups in total. The Hall–Kier alpha value is 0.0200. The van der Waals surface area contributed by atoms with E-state index in [9.17, 15) is 4.79 Å². The van der Waals surface area contributed by atoms with Crippen LogP contribution in [0.3, 0.4) is 0 Å². The largest absolute Gasteiger partial charge is 0.354 e. The summed E-state index contributed by atoms with van der Waals surface area (Å²) in [5.74, 6) is 3.22. The lowest BCUT2D eigenvalue weighted by molar-refractivity contribution is -0.121. The fraction of sp³-hybridized carbons (Fsp3) is 0.722. The first-order valence-electron chi connectivity index (χ1n) is 9.07. The van der Waals surface area contributed by atoms with Gasteiger partial charge in [0.25, 0.3) is 0 Å². The van der Waals surface area contributed by atoms with Crippen LogP contribution in [0.25, 0.3) is 0 Å². The van der Waals surface area contributed by atoms with Gasteiger partial charge in [-0.3, -0.25) is 9.69 Å². The van der Waals surface area contributed by atoms with E-state index in [1.54, 1.807) is 11.3 Å². The molecule has 0 spiro atoms. The minimum Gasteiger partial charge on any atom is -0.354 e. The molecule has 1 aromatic heterocycles. The number of thiophene rings is 1. The molecule has 3 heterocycles. The molecule has 1 amide bonds. The van der Waals surface area contributed by atoms with Crippen molar-refractivity contribution in [3.63, 3.8) is 0 Å². The van der Waals surface area contributed by atoms with Crippen LogP contribution in [0.2, 0.25) is 0 Å². The second-order valence-corrected chi connectivity index (χ2v) is 9.11. The molecular weight excluding hydrogens is 409 g/mol. The van der Waals surface area contributed by atoms with E-state index in [0.717, 1.165) is 43.6 Å². The van der Waals surface area contributed by atoms with Crippen LogP contribution < -0.4 is 10.6 Å². The zero-order valence-electron chi connectivity index (χ0n) is 15.3. The number of hydrogen-bond donors (Lipinski definition) is 2. The molecule has 2 unspecified atom stereocenters. The van der Waals surface area contributed by atoms with Crippen LogP contribution in [0, 0.1) is 5.92 Å². The van der Waals surface area contributed by atoms with Gasteiger partial charge in [-0.2, -0.15) is 11.8 Å². The van der Waals surface area contributed by atoms with Gasteiger partial charge in [0, 0.05) is 41.9 Å². The molecule has 0 aromatic carbocycles. The maximum Gasteiger partial charge on any atom is 0.221 e. The third-order valence-electron chi connectivity index (χ3n) is 5.05. The van der Waals surface area contributed by atoms with Gasteiger partial charge in [0.05, 0.1) is 6.04 Å². The minimum atomic E-state index is 0. The lowest BCUT2D eigenvalue weighted by Crippen LogP contribution is -2.44. The summed E-state index contributed by atoms with van der Waals surface area (Å²) in [7, 11) is 0. The summed E-state index contributed by atoms with van der Waals surface area (Å²) in [6.07, 6.45) is 3.12. The van der Waals surface area contributed by atoms with Crippen molar-refractivity contribution in [1.29, 1.82) is 0 Å². The van der Waals surface area contributed by atoms with Crippen molar-refractivity contribution in [3.8, 4) is 0 Å². The highest BCUT2D eigenvalue weighted by atomic mass is 35.5. The smallest absolute Gasteiger partial charge is 0.221 e. The van der Waals surface area contributed by atoms with Crippen molar-refractivity contribution in [1.82, 2.24) is 15.5 Å². The van der Waals surface area contributed by atoms with E-state index in [0.29, 0.717) is 18.5 Å². The molecule has 1 aromatic rings. The molecule has 2 aliphatic heterocycles. The number of rotatable bonds is 6. The molecule has 4 nitrogen and oxygen atoms in total. The predicted molar refractivity (Wildman–Crippen MR) is 118 cm³/mol. The van der Waals surface area contributed by atoms with Crippen LogP contribution in [0.15, 0.2) is 17.5 Å². The molecule has 0 bridgehead atoms. The van der Waals surface area contributed by atoms with Crippen LogP contribution >= 0.6 is 47.9 Å². The second kappa shape index (κ2) is 12.5. The Morgan fingerprint density at radius 1 is 1.38 bits per heavy atom. The number of halogens is 2. The third kappa shape index (κ3) is 7.21. The highest BCUT2D eigenvalue weighted by Gasteiger charge is 2.26. The van der Waals surface area contributed by atoms with E-state index in [2.05, 4.69) is 40.0 Å². The van der Waals surface area contributed by atoms with Crippen LogP contribution in [-0.2, 0) is 4.79 Å². The zero-order valence-corrected chi connectivity index (χ0v) is 18.6. The number of carbonyl (C=O) groups is 1. The summed E-state index contributed by atoms with van der Waals surface area (Å²) in [6, 6.07) is 4.98. The first-order chi connectivity index (χ1) is 11.7. The molecule has 2 aliphatic rings. The first-order valence-corrected chi connectivity index (χ1v) is 11.1. The van der Waals surface area contributed by atoms with Gasteiger partial charge >= 0.3 is 0 Å². The topological polar surface area (TPSA) is 44.4 Å². The Labute approximate surface area is 178 Å². The quantitative estimate of drug-likeness (QED) is 0.710. The first kappa shape index (κ1) is 24.1. The molecule has 0 radical (unpaired) electrons. The van der Waals surface area contributed by atoms with Crippen molar-refractivity contribution in [3.05, 3.63) is 22.4 Å². The van der Waals surface area contributed by atoms with Crippen LogP contribution in [0.5, 0.6) is 0 Å². The van der Waals surface area contributed by atoms with Crippen molar-refractivity contribution in [2.75, 3.05) is 37.7 Å². The maximum atomic E-state index is 12.3. The van der Waals surface area contributed by atoms with Crippen LogP contribution in [0.4, 0.5) is 0 Å². The third-order valence-corrected chi connectivity index (χ3v) is 7.16. The van der Waals surface area contributed by atoms with Gasteiger partial charge in [0.15, 0.2) is 0 Å². The fourth-order valence-electron chi connectivity index (χ4n) is 3.49. The zero-order chi connectivity index (χ0) is 16.8. The summed E-state index contributed by atoms with van der Waals surface area (Å²) in [5.41, 5.74) is 0. The maximum absolute atomic E-state index is 12.3. The van der Waals surface area contributed by atoms with Crippen molar-refractivity contribution < 1.29 is 4.79 Å². The monoisotopic (exact) mass is 439 g/mol. The van der Waals surface area contributed by atoms with E-state index in [1.807, 2.05) is 11.8 Å². The average molecular weight is 441 g/mol. The highest BCUT2D eigenvalue weighted by molar-refractivity contribution is 7.99. The average Bonchev–Trinajstić information content (AvgIpc) is 3.12. The van der Waals surface area contributed by atoms with E-state index in [1.165, 1.54) is 17.7 Å². The molecular formula is C18H31Cl2N3OS2. The van der Waals surface area contributed by atoms with E-state index in [4.69, 9.17) is 0 Å². The molecule has 2 fully saturated rings. The molecule has 0 saturated carbocycles. The summed E-state index contributed by atoms with van der Waals surface area (Å²) in [4.78, 5) is 16.3. The molecule has 150 valence electrons. The van der Waals surface area contributed by atoms with Gasteiger partial charge in [-0.15, -0.1) is 36.2 Å². The van der Waals surface area contributed by atoms with Crippen molar-refractivity contribution >= 4 is 53.8 Å². The van der Waals surface area contributed by atoms with Gasteiger partial charge in [0.1, 0.15) is 0 Å². The number of carbonyl (C=O) groups excluding carboxylic acids is 1. The normalized spacial score (nSPS) is 22.7. The highest BCUT2D eigenvalue weighted by Crippen LogP contribution is 2.29. The Balaban J connectivity index is 0.00000169. The van der Waals surface area contributed by atoms with Crippen molar-refractivity contribution in [2.24, 2.45) is 5.92 Å². The molecule has 3 rings (SSSR count). The van der Waals surface area contributed by atoms with Crippen LogP contribution in [-0.4, -0.2) is 54.5 Å². The molecule has 26 heavy (non-hydrogen) atoms. The number of piperidine rings is 1. The number of amides is 1. The number of likely N-dealkylation sites (tertiary alicyclic amines) is 1. The number of thioether (sulfide) groups is 1. The number of nitrogens with one attached hydrogen (secondary N) is 2. The Bertz CT molecular complexity index is 505. The minimum absolute atomic E-state index is 0. The molecule has 0 aliphatic carbocycles. The summed E-state index contributed by atoms with van der Waals surface area (Å²) >= 11 is 3.75. The SMILES string of the molecule is CC1CCN(C(CNC(=O)CC2CSCCN2)c2cccs2)CC1.Cl.Cl.